The van der Waals surface area contributed by atoms with Crippen LogP contribution in [0.2, 0.25) is 0 Å². The maximum atomic E-state index is 12.4. The zero-order valence-corrected chi connectivity index (χ0v) is 14.5. The number of anilines is 1. The fraction of sp³-hybridized carbons (Fsp3) is 0.222. The normalized spacial score (nSPS) is 11.3. The van der Waals surface area contributed by atoms with Crippen molar-refractivity contribution in [3.8, 4) is 5.75 Å². The van der Waals surface area contributed by atoms with Crippen molar-refractivity contribution in [2.75, 3.05) is 19.1 Å². The lowest BCUT2D eigenvalue weighted by molar-refractivity contribution is -0.384. The Bertz CT molecular complexity index is 822. The number of methoxy groups -OCH3 is 1. The van der Waals surface area contributed by atoms with Crippen LogP contribution in [0.1, 0.15) is 17.3 Å². The SMILES string of the molecule is COc1ccc([N+](=O)[O-])cc1C(=O)OC(C)C(=O)N(C)c1ccccc1. The molecule has 2 aromatic rings. The predicted molar refractivity (Wildman–Crippen MR) is 94.4 cm³/mol. The minimum atomic E-state index is -1.09. The Balaban J connectivity index is 2.17. The van der Waals surface area contributed by atoms with Crippen molar-refractivity contribution < 1.29 is 24.0 Å². The molecule has 8 heteroatoms. The van der Waals surface area contributed by atoms with Crippen LogP contribution in [0, 0.1) is 10.1 Å². The summed E-state index contributed by atoms with van der Waals surface area (Å²) in [5.74, 6) is -1.20. The van der Waals surface area contributed by atoms with Gasteiger partial charge in [-0.25, -0.2) is 4.79 Å². The summed E-state index contributed by atoms with van der Waals surface area (Å²) in [6.07, 6.45) is -1.09. The number of nitro benzene ring substituents is 1. The monoisotopic (exact) mass is 358 g/mol. The summed E-state index contributed by atoms with van der Waals surface area (Å²) in [6.45, 7) is 1.43. The quantitative estimate of drug-likeness (QED) is 0.447. The molecule has 0 bridgehead atoms. The first-order valence-corrected chi connectivity index (χ1v) is 7.71. The number of likely N-dealkylation sites (N-methyl/N-ethyl adjacent to an activating group) is 1. The third-order valence-electron chi connectivity index (χ3n) is 3.72. The summed E-state index contributed by atoms with van der Waals surface area (Å²) in [6, 6.07) is 12.4. The van der Waals surface area contributed by atoms with Crippen molar-refractivity contribution >= 4 is 23.3 Å². The van der Waals surface area contributed by atoms with E-state index in [-0.39, 0.29) is 17.0 Å². The van der Waals surface area contributed by atoms with Gasteiger partial charge in [0.15, 0.2) is 6.10 Å². The van der Waals surface area contributed by atoms with Gasteiger partial charge in [-0.05, 0) is 25.1 Å². The van der Waals surface area contributed by atoms with E-state index in [1.807, 2.05) is 6.07 Å². The molecule has 0 radical (unpaired) electrons. The van der Waals surface area contributed by atoms with Gasteiger partial charge in [-0.15, -0.1) is 0 Å². The highest BCUT2D eigenvalue weighted by molar-refractivity contribution is 5.99. The molecule has 0 aliphatic carbocycles. The Morgan fingerprint density at radius 1 is 1.15 bits per heavy atom. The van der Waals surface area contributed by atoms with Gasteiger partial charge in [-0.1, -0.05) is 18.2 Å². The van der Waals surface area contributed by atoms with Crippen LogP contribution in [0.5, 0.6) is 5.75 Å². The van der Waals surface area contributed by atoms with E-state index in [4.69, 9.17) is 9.47 Å². The van der Waals surface area contributed by atoms with Gasteiger partial charge in [-0.2, -0.15) is 0 Å². The maximum absolute atomic E-state index is 12.4. The Kier molecular flexibility index (Phi) is 5.90. The summed E-state index contributed by atoms with van der Waals surface area (Å²) in [7, 11) is 2.89. The van der Waals surface area contributed by atoms with Crippen molar-refractivity contribution in [2.24, 2.45) is 0 Å². The topological polar surface area (TPSA) is 99.0 Å². The number of hydrogen-bond donors (Lipinski definition) is 0. The van der Waals surface area contributed by atoms with Crippen LogP contribution >= 0.6 is 0 Å². The predicted octanol–water partition coefficient (Wildman–Crippen LogP) is 2.81. The molecule has 0 spiro atoms. The molecule has 0 aromatic heterocycles. The number of carbonyl (C=O) groups excluding carboxylic acids is 2. The van der Waals surface area contributed by atoms with Crippen molar-refractivity contribution in [1.82, 2.24) is 0 Å². The van der Waals surface area contributed by atoms with Gasteiger partial charge in [0.25, 0.3) is 11.6 Å². The molecule has 2 aromatic carbocycles. The van der Waals surface area contributed by atoms with Gasteiger partial charge in [0.05, 0.1) is 12.0 Å². The van der Waals surface area contributed by atoms with E-state index in [9.17, 15) is 19.7 Å². The van der Waals surface area contributed by atoms with E-state index >= 15 is 0 Å². The minimum absolute atomic E-state index is 0.122. The number of ether oxygens (including phenoxy) is 2. The summed E-state index contributed by atoms with van der Waals surface area (Å²) in [5, 5.41) is 10.9. The molecule has 1 amide bonds. The van der Waals surface area contributed by atoms with Crippen LogP contribution in [0.15, 0.2) is 48.5 Å². The summed E-state index contributed by atoms with van der Waals surface area (Å²) >= 11 is 0. The zero-order valence-electron chi connectivity index (χ0n) is 14.5. The van der Waals surface area contributed by atoms with Gasteiger partial charge >= 0.3 is 5.97 Å². The Labute approximate surface area is 150 Å². The number of nitrogens with zero attached hydrogens (tertiary/aromatic N) is 2. The van der Waals surface area contributed by atoms with Crippen molar-refractivity contribution in [3.05, 3.63) is 64.2 Å². The van der Waals surface area contributed by atoms with E-state index < -0.39 is 22.9 Å². The van der Waals surface area contributed by atoms with E-state index in [0.29, 0.717) is 5.69 Å². The standard InChI is InChI=1S/C18H18N2O6/c1-12(17(21)19(2)13-7-5-4-6-8-13)26-18(22)15-11-14(20(23)24)9-10-16(15)25-3/h4-12H,1-3H3. The second kappa shape index (κ2) is 8.11. The number of benzene rings is 2. The Morgan fingerprint density at radius 2 is 1.81 bits per heavy atom. The number of carbonyl (C=O) groups is 2. The molecule has 136 valence electrons. The number of amides is 1. The number of non-ortho nitro benzene ring substituents is 1. The lowest BCUT2D eigenvalue weighted by atomic mass is 10.1. The summed E-state index contributed by atoms with van der Waals surface area (Å²) in [4.78, 5) is 36.5. The molecule has 2 rings (SSSR count). The van der Waals surface area contributed by atoms with Gasteiger partial charge in [-0.3, -0.25) is 14.9 Å². The first-order chi connectivity index (χ1) is 12.3. The van der Waals surface area contributed by atoms with Gasteiger partial charge < -0.3 is 14.4 Å². The van der Waals surface area contributed by atoms with Crippen molar-refractivity contribution in [2.45, 2.75) is 13.0 Å². The fourth-order valence-corrected chi connectivity index (χ4v) is 2.30. The van der Waals surface area contributed by atoms with Gasteiger partial charge in [0.1, 0.15) is 11.3 Å². The lowest BCUT2D eigenvalue weighted by Gasteiger charge is -2.21. The van der Waals surface area contributed by atoms with E-state index in [1.165, 1.54) is 31.1 Å². The van der Waals surface area contributed by atoms with Crippen LogP contribution < -0.4 is 9.64 Å². The molecule has 0 aliphatic heterocycles. The van der Waals surface area contributed by atoms with Gasteiger partial charge in [0, 0.05) is 24.9 Å². The van der Waals surface area contributed by atoms with Crippen LogP contribution in [0.4, 0.5) is 11.4 Å². The molecule has 0 aliphatic rings. The largest absolute Gasteiger partial charge is 0.496 e. The van der Waals surface area contributed by atoms with Gasteiger partial charge in [0.2, 0.25) is 0 Å². The number of rotatable bonds is 6. The van der Waals surface area contributed by atoms with E-state index in [2.05, 4.69) is 0 Å². The third kappa shape index (κ3) is 4.15. The minimum Gasteiger partial charge on any atom is -0.496 e. The lowest BCUT2D eigenvalue weighted by Crippen LogP contribution is -2.37. The molecular formula is C18H18N2O6. The highest BCUT2D eigenvalue weighted by Crippen LogP contribution is 2.25. The smallest absolute Gasteiger partial charge is 0.342 e. The molecule has 0 N–H and O–H groups in total. The Morgan fingerprint density at radius 3 is 2.38 bits per heavy atom. The summed E-state index contributed by atoms with van der Waals surface area (Å²) < 4.78 is 10.2. The first kappa shape index (κ1) is 18.9. The molecular weight excluding hydrogens is 340 g/mol. The first-order valence-electron chi connectivity index (χ1n) is 7.71. The van der Waals surface area contributed by atoms with Crippen LogP contribution in [-0.2, 0) is 9.53 Å². The number of para-hydroxylation sites is 1. The maximum Gasteiger partial charge on any atom is 0.342 e. The average molecular weight is 358 g/mol. The second-order valence-corrected chi connectivity index (χ2v) is 5.42. The highest BCUT2D eigenvalue weighted by atomic mass is 16.6. The molecule has 0 saturated carbocycles. The average Bonchev–Trinajstić information content (AvgIpc) is 2.66. The molecule has 0 heterocycles. The Hall–Kier alpha value is -3.42. The summed E-state index contributed by atoms with van der Waals surface area (Å²) in [5.41, 5.74) is 0.246. The molecule has 0 saturated heterocycles. The van der Waals surface area contributed by atoms with Crippen molar-refractivity contribution in [3.63, 3.8) is 0 Å². The van der Waals surface area contributed by atoms with Crippen LogP contribution in [0.25, 0.3) is 0 Å². The number of nitro groups is 1. The van der Waals surface area contributed by atoms with Crippen LogP contribution in [0.3, 0.4) is 0 Å². The molecule has 8 nitrogen and oxygen atoms in total. The molecule has 26 heavy (non-hydrogen) atoms. The van der Waals surface area contributed by atoms with E-state index in [0.717, 1.165) is 6.07 Å². The highest BCUT2D eigenvalue weighted by Gasteiger charge is 2.26. The number of hydrogen-bond acceptors (Lipinski definition) is 6. The molecule has 1 atom stereocenters. The third-order valence-corrected chi connectivity index (χ3v) is 3.72. The van der Waals surface area contributed by atoms with E-state index in [1.54, 1.807) is 31.3 Å². The fourth-order valence-electron chi connectivity index (χ4n) is 2.30. The van der Waals surface area contributed by atoms with Crippen molar-refractivity contribution in [1.29, 1.82) is 0 Å². The zero-order chi connectivity index (χ0) is 19.3. The molecule has 0 fully saturated rings. The number of esters is 1. The second-order valence-electron chi connectivity index (χ2n) is 5.42. The molecule has 1 unspecified atom stereocenters. The van der Waals surface area contributed by atoms with Crippen LogP contribution in [-0.4, -0.2) is 37.1 Å².